The number of ether oxygens (including phenoxy) is 1. The van der Waals surface area contributed by atoms with Crippen molar-refractivity contribution in [3.8, 4) is 79.0 Å². The first-order valence-corrected chi connectivity index (χ1v) is 21.5. The van der Waals surface area contributed by atoms with E-state index in [9.17, 15) is 0 Å². The summed E-state index contributed by atoms with van der Waals surface area (Å²) in [6, 6.07) is 69.8. The normalized spacial score (nSPS) is 10.7. The third-order valence-corrected chi connectivity index (χ3v) is 11.0. The topological polar surface area (TPSA) is 86.6 Å². The maximum Gasteiger partial charge on any atom is 3.00 e. The van der Waals surface area contributed by atoms with Gasteiger partial charge in [-0.1, -0.05) is 85.1 Å². The summed E-state index contributed by atoms with van der Waals surface area (Å²) in [7, 11) is 0. The van der Waals surface area contributed by atoms with E-state index in [1.165, 1.54) is 16.7 Å². The third kappa shape index (κ3) is 11.5. The van der Waals surface area contributed by atoms with Crippen LogP contribution in [0, 0.1) is 30.3 Å². The van der Waals surface area contributed by atoms with Crippen molar-refractivity contribution in [3.63, 3.8) is 0 Å². The molecule has 10 aromatic rings. The molecule has 326 valence electrons. The third-order valence-electron chi connectivity index (χ3n) is 11.0. The van der Waals surface area contributed by atoms with Gasteiger partial charge in [-0.05, 0) is 89.0 Å². The van der Waals surface area contributed by atoms with Crippen LogP contribution >= 0.6 is 0 Å². The molecule has 0 saturated heterocycles. The van der Waals surface area contributed by atoms with Gasteiger partial charge in [-0.25, -0.2) is 17.7 Å². The molecule has 0 unspecified atom stereocenters. The van der Waals surface area contributed by atoms with Gasteiger partial charge in [0, 0.05) is 42.4 Å². The molecule has 0 spiro atoms. The monoisotopic (exact) mass is 1220 g/mol. The number of nitrogens with zero attached hydrogens (tertiary/aromatic N) is 6. The first-order chi connectivity index (χ1) is 32.2. The molecule has 0 N–H and O–H groups in total. The minimum atomic E-state index is 0. The molecule has 5 aromatic carbocycles. The quantitative estimate of drug-likeness (QED) is 0.100. The maximum absolute atomic E-state index is 6.73. The van der Waals surface area contributed by atoms with Crippen LogP contribution < -0.4 is 4.74 Å². The summed E-state index contributed by atoms with van der Waals surface area (Å²) < 4.78 is 6.73. The van der Waals surface area contributed by atoms with Crippen LogP contribution in [0.25, 0.3) is 67.5 Å². The van der Waals surface area contributed by atoms with Gasteiger partial charge in [0.15, 0.2) is 0 Å². The van der Waals surface area contributed by atoms with Crippen molar-refractivity contribution < 1.29 is 45.9 Å². The van der Waals surface area contributed by atoms with E-state index in [4.69, 9.17) is 9.72 Å². The second-order valence-electron chi connectivity index (χ2n) is 15.4. The van der Waals surface area contributed by atoms with E-state index < -0.39 is 0 Å². The fraction of sp³-hybridized carbons (Fsp3) is 0.0690. The molecule has 0 bridgehead atoms. The number of aromatic nitrogens is 6. The van der Waals surface area contributed by atoms with Gasteiger partial charge in [-0.15, -0.1) is 100 Å². The molecule has 5 heterocycles. The summed E-state index contributed by atoms with van der Waals surface area (Å²) in [6.07, 6.45) is 12.0. The Kier molecular flexibility index (Phi) is 15.5. The molecule has 0 atom stereocenters. The van der Waals surface area contributed by atoms with Gasteiger partial charge >= 0.3 is 41.2 Å². The van der Waals surface area contributed by atoms with Gasteiger partial charge in [0.1, 0.15) is 0 Å². The van der Waals surface area contributed by atoms with Crippen molar-refractivity contribution in [2.24, 2.45) is 0 Å². The average molecular weight is 1220 g/mol. The molecule has 0 radical (unpaired) electrons. The molecular formula is C58H39IrN6OPt. The Labute approximate surface area is 419 Å². The fourth-order valence-electron chi connectivity index (χ4n) is 7.70. The van der Waals surface area contributed by atoms with E-state index in [0.29, 0.717) is 22.9 Å². The number of hydrogen-bond donors (Lipinski definition) is 0. The van der Waals surface area contributed by atoms with Crippen molar-refractivity contribution in [3.05, 3.63) is 241 Å². The van der Waals surface area contributed by atoms with E-state index in [0.717, 1.165) is 87.5 Å². The molecule has 7 nitrogen and oxygen atoms in total. The van der Waals surface area contributed by atoms with E-state index in [1.807, 2.05) is 91.1 Å². The molecular weight excluding hydrogens is 1180 g/mol. The van der Waals surface area contributed by atoms with Crippen LogP contribution in [0.15, 0.2) is 189 Å². The Balaban J connectivity index is 0.00000304. The summed E-state index contributed by atoms with van der Waals surface area (Å²) in [5.74, 6) is 1.50. The predicted molar refractivity (Wildman–Crippen MR) is 254 cm³/mol. The summed E-state index contributed by atoms with van der Waals surface area (Å²) in [5.41, 5.74) is 14.1. The van der Waals surface area contributed by atoms with Crippen LogP contribution in [-0.2, 0) is 66.9 Å². The Morgan fingerprint density at radius 1 is 0.418 bits per heavy atom. The summed E-state index contributed by atoms with van der Waals surface area (Å²) >= 11 is 0. The second kappa shape index (κ2) is 22.4. The summed E-state index contributed by atoms with van der Waals surface area (Å²) in [6.45, 7) is 0. The Bertz CT molecular complexity index is 3060. The second-order valence-corrected chi connectivity index (χ2v) is 15.4. The fourth-order valence-corrected chi connectivity index (χ4v) is 7.70. The Morgan fingerprint density at radius 2 is 1.00 bits per heavy atom. The number of hydrogen-bond acceptors (Lipinski definition) is 7. The zero-order valence-corrected chi connectivity index (χ0v) is 40.6. The van der Waals surface area contributed by atoms with Crippen molar-refractivity contribution >= 4 is 0 Å². The van der Waals surface area contributed by atoms with E-state index >= 15 is 0 Å². The van der Waals surface area contributed by atoms with Crippen molar-refractivity contribution in [2.75, 3.05) is 0 Å². The molecule has 0 aliphatic rings. The minimum Gasteiger partial charge on any atom is -0.515 e. The van der Waals surface area contributed by atoms with Crippen LogP contribution in [0.3, 0.4) is 0 Å². The van der Waals surface area contributed by atoms with E-state index in [-0.39, 0.29) is 41.2 Å². The molecule has 0 aliphatic carbocycles. The predicted octanol–water partition coefficient (Wildman–Crippen LogP) is 12.4. The molecule has 5 aromatic heterocycles. The zero-order valence-electron chi connectivity index (χ0n) is 36.0. The SMILES string of the molecule is [Ir+3].[Pt+2].[c-]1cc(-c2ccccc2-c2cc(CCc3c[c-]c(-c4ccccn4)cc3)cc(CCc3c[c-]c(-c4ccccn4)cc3)n2)c(Oc2[c-]c(-c3ccccn3)ccc2)[c-]c1-c1ncccn1. The van der Waals surface area contributed by atoms with E-state index in [2.05, 4.69) is 122 Å². The van der Waals surface area contributed by atoms with Gasteiger partial charge in [0.05, 0.1) is 5.69 Å². The van der Waals surface area contributed by atoms with Crippen LogP contribution in [0.2, 0.25) is 0 Å². The van der Waals surface area contributed by atoms with Crippen LogP contribution in [0.4, 0.5) is 0 Å². The molecule has 9 heteroatoms. The summed E-state index contributed by atoms with van der Waals surface area (Å²) in [5, 5.41) is 0. The molecule has 0 saturated carbocycles. The van der Waals surface area contributed by atoms with Crippen LogP contribution in [0.1, 0.15) is 22.4 Å². The zero-order chi connectivity index (χ0) is 43.6. The first-order valence-electron chi connectivity index (χ1n) is 21.5. The Hall–Kier alpha value is -7.08. The van der Waals surface area contributed by atoms with Crippen LogP contribution in [0.5, 0.6) is 11.5 Å². The van der Waals surface area contributed by atoms with Gasteiger partial charge < -0.3 is 29.7 Å². The van der Waals surface area contributed by atoms with E-state index in [1.54, 1.807) is 30.9 Å². The maximum atomic E-state index is 6.73. The van der Waals surface area contributed by atoms with Gasteiger partial charge in [0.2, 0.25) is 0 Å². The molecule has 0 amide bonds. The van der Waals surface area contributed by atoms with Crippen molar-refractivity contribution in [1.29, 1.82) is 0 Å². The Morgan fingerprint density at radius 3 is 1.61 bits per heavy atom. The number of aryl methyl sites for hydroxylation is 4. The van der Waals surface area contributed by atoms with Crippen molar-refractivity contribution in [1.82, 2.24) is 29.9 Å². The standard InChI is InChI=1S/C58H39N6O.Ir.Pt/c1-2-14-51(50(13-1)52-31-29-47(58-62-35-10-36-63-58)40-57(52)65-49-12-9-11-46(39-49)55-17-5-8-34-61-55)56-38-43(19-18-41-20-25-44(26-21-41)53-15-3-6-32-59-53)37-48(64-56)30-24-42-22-27-45(28-23-42)54-16-4-7-33-60-54;;/h1-17,20-23,25,27,31-38H,18-19,24,30H2;;/q-5;+3;+2. The number of pyridine rings is 4. The minimum absolute atomic E-state index is 0. The largest absolute Gasteiger partial charge is 3.00 e. The molecule has 0 aliphatic heterocycles. The molecule has 0 fully saturated rings. The molecule has 67 heavy (non-hydrogen) atoms. The number of benzene rings is 5. The summed E-state index contributed by atoms with van der Waals surface area (Å²) in [4.78, 5) is 27.9. The van der Waals surface area contributed by atoms with Gasteiger partial charge in [-0.3, -0.25) is 11.1 Å². The van der Waals surface area contributed by atoms with Crippen LogP contribution in [-0.4, -0.2) is 29.9 Å². The van der Waals surface area contributed by atoms with Gasteiger partial charge in [-0.2, -0.15) is 0 Å². The smallest absolute Gasteiger partial charge is 0.515 e. The molecule has 10 rings (SSSR count). The van der Waals surface area contributed by atoms with Gasteiger partial charge in [0.25, 0.3) is 0 Å². The average Bonchev–Trinajstić information content (AvgIpc) is 3.39. The first kappa shape index (κ1) is 46.4. The number of rotatable bonds is 14. The van der Waals surface area contributed by atoms with Crippen molar-refractivity contribution in [2.45, 2.75) is 25.7 Å².